The quantitative estimate of drug-likeness (QED) is 0.569. The molecule has 8 nitrogen and oxygen atoms in total. The number of H-pyrrole nitrogens is 1. The average molecular weight is 460 g/mol. The number of aromatic nitrogens is 4. The number of amides is 1. The van der Waals surface area contributed by atoms with E-state index in [4.69, 9.17) is 0 Å². The highest BCUT2D eigenvalue weighted by Crippen LogP contribution is 2.43. The third-order valence-electron chi connectivity index (χ3n) is 6.14. The number of fused-ring (bicyclic) bond motifs is 1. The Kier molecular flexibility index (Phi) is 5.09. The molecule has 2 atom stereocenters. The standard InChI is InChI=1S/C21H25N5O3S2/c1-13(20(27)25(2)15-9-10-31(28,29)12-15)30-21-24-23-19(26(21)14-7-8-14)17-11-22-18-6-4-3-5-16(17)18/h3-6,11,13-15,22H,7-10,12H2,1-2H3/t13-,15+/m1/s1. The Morgan fingerprint density at radius 3 is 2.74 bits per heavy atom. The number of aromatic amines is 1. The zero-order chi connectivity index (χ0) is 21.8. The molecular weight excluding hydrogens is 434 g/mol. The van der Waals surface area contributed by atoms with Gasteiger partial charge in [0.2, 0.25) is 5.91 Å². The number of rotatable bonds is 6. The van der Waals surface area contributed by atoms with Gasteiger partial charge in [-0.25, -0.2) is 8.42 Å². The van der Waals surface area contributed by atoms with Crippen molar-refractivity contribution in [2.24, 2.45) is 0 Å². The molecule has 10 heteroatoms. The van der Waals surface area contributed by atoms with Crippen molar-refractivity contribution in [3.05, 3.63) is 30.5 Å². The zero-order valence-corrected chi connectivity index (χ0v) is 19.1. The van der Waals surface area contributed by atoms with Crippen LogP contribution in [0.25, 0.3) is 22.3 Å². The monoisotopic (exact) mass is 459 g/mol. The van der Waals surface area contributed by atoms with Crippen molar-refractivity contribution in [2.45, 2.75) is 48.7 Å². The minimum Gasteiger partial charge on any atom is -0.360 e. The van der Waals surface area contributed by atoms with E-state index in [2.05, 4.69) is 25.8 Å². The molecule has 2 aliphatic rings. The van der Waals surface area contributed by atoms with Crippen LogP contribution in [0.1, 0.15) is 32.2 Å². The first-order valence-electron chi connectivity index (χ1n) is 10.5. The molecule has 3 heterocycles. The second-order valence-corrected chi connectivity index (χ2v) is 12.0. The molecule has 1 saturated carbocycles. The molecule has 1 aliphatic heterocycles. The SMILES string of the molecule is C[C@@H](Sc1nnc(-c2c[nH]c3ccccc23)n1C1CC1)C(=O)N(C)[C@H]1CCS(=O)(=O)C1. The van der Waals surface area contributed by atoms with Crippen molar-refractivity contribution < 1.29 is 13.2 Å². The molecule has 1 aliphatic carbocycles. The second-order valence-electron chi connectivity index (χ2n) is 8.42. The summed E-state index contributed by atoms with van der Waals surface area (Å²) in [6.07, 6.45) is 4.61. The molecule has 31 heavy (non-hydrogen) atoms. The summed E-state index contributed by atoms with van der Waals surface area (Å²) in [5.41, 5.74) is 2.06. The lowest BCUT2D eigenvalue weighted by Crippen LogP contribution is -2.41. The third-order valence-corrected chi connectivity index (χ3v) is 8.94. The number of carbonyl (C=O) groups is 1. The summed E-state index contributed by atoms with van der Waals surface area (Å²) in [6.45, 7) is 1.85. The Hall–Kier alpha value is -2.33. The largest absolute Gasteiger partial charge is 0.360 e. The number of para-hydroxylation sites is 1. The van der Waals surface area contributed by atoms with Gasteiger partial charge in [-0.2, -0.15) is 0 Å². The maximum atomic E-state index is 13.0. The van der Waals surface area contributed by atoms with Crippen LogP contribution in [0, 0.1) is 0 Å². The lowest BCUT2D eigenvalue weighted by Gasteiger charge is -2.26. The Morgan fingerprint density at radius 1 is 1.26 bits per heavy atom. The van der Waals surface area contributed by atoms with Crippen molar-refractivity contribution in [3.8, 4) is 11.4 Å². The van der Waals surface area contributed by atoms with Crippen molar-refractivity contribution >= 4 is 38.4 Å². The highest BCUT2D eigenvalue weighted by Gasteiger charge is 2.36. The molecule has 2 fully saturated rings. The molecule has 0 spiro atoms. The van der Waals surface area contributed by atoms with Gasteiger partial charge in [0.15, 0.2) is 20.8 Å². The second kappa shape index (κ2) is 7.67. The van der Waals surface area contributed by atoms with Gasteiger partial charge in [-0.05, 0) is 32.3 Å². The number of hydrogen-bond donors (Lipinski definition) is 1. The molecule has 1 aromatic carbocycles. The van der Waals surface area contributed by atoms with Crippen LogP contribution in [0.5, 0.6) is 0 Å². The number of sulfone groups is 1. The van der Waals surface area contributed by atoms with E-state index in [9.17, 15) is 13.2 Å². The predicted molar refractivity (Wildman–Crippen MR) is 121 cm³/mol. The highest BCUT2D eigenvalue weighted by molar-refractivity contribution is 8.00. The summed E-state index contributed by atoms with van der Waals surface area (Å²) in [6, 6.07) is 8.20. The van der Waals surface area contributed by atoms with Crippen LogP contribution in [-0.2, 0) is 14.6 Å². The van der Waals surface area contributed by atoms with Crippen LogP contribution in [0.3, 0.4) is 0 Å². The summed E-state index contributed by atoms with van der Waals surface area (Å²) in [5.74, 6) is 0.944. The van der Waals surface area contributed by atoms with Crippen LogP contribution in [0.15, 0.2) is 35.6 Å². The molecule has 3 aromatic rings. The molecule has 164 valence electrons. The average Bonchev–Trinajstić information content (AvgIpc) is 3.19. The summed E-state index contributed by atoms with van der Waals surface area (Å²) in [4.78, 5) is 17.9. The van der Waals surface area contributed by atoms with Crippen molar-refractivity contribution in [1.82, 2.24) is 24.6 Å². The van der Waals surface area contributed by atoms with Gasteiger partial charge in [-0.3, -0.25) is 9.36 Å². The molecule has 0 unspecified atom stereocenters. The molecule has 5 rings (SSSR count). The van der Waals surface area contributed by atoms with Crippen molar-refractivity contribution in [1.29, 1.82) is 0 Å². The van der Waals surface area contributed by atoms with E-state index in [0.717, 1.165) is 40.3 Å². The van der Waals surface area contributed by atoms with Gasteiger partial charge < -0.3 is 9.88 Å². The molecular formula is C21H25N5O3S2. The number of benzene rings is 1. The number of thioether (sulfide) groups is 1. The van der Waals surface area contributed by atoms with E-state index < -0.39 is 9.84 Å². The number of nitrogens with one attached hydrogen (secondary N) is 1. The summed E-state index contributed by atoms with van der Waals surface area (Å²) >= 11 is 1.40. The van der Waals surface area contributed by atoms with Gasteiger partial charge in [0.05, 0.1) is 16.8 Å². The number of nitrogens with zero attached hydrogens (tertiary/aromatic N) is 4. The maximum Gasteiger partial charge on any atom is 0.235 e. The predicted octanol–water partition coefficient (Wildman–Crippen LogP) is 2.89. The zero-order valence-electron chi connectivity index (χ0n) is 17.5. The van der Waals surface area contributed by atoms with E-state index in [1.807, 2.05) is 31.3 Å². The fourth-order valence-electron chi connectivity index (χ4n) is 4.22. The van der Waals surface area contributed by atoms with Crippen LogP contribution in [-0.4, -0.2) is 68.8 Å². The molecule has 0 bridgehead atoms. The first kappa shape index (κ1) is 20.6. The summed E-state index contributed by atoms with van der Waals surface area (Å²) in [5, 5.41) is 10.4. The van der Waals surface area contributed by atoms with E-state index in [0.29, 0.717) is 12.5 Å². The Labute approximate surface area is 185 Å². The molecule has 1 N–H and O–H groups in total. The van der Waals surface area contributed by atoms with Crippen LogP contribution in [0.2, 0.25) is 0 Å². The molecule has 1 amide bonds. The van der Waals surface area contributed by atoms with Gasteiger partial charge >= 0.3 is 0 Å². The maximum absolute atomic E-state index is 13.0. The molecule has 0 radical (unpaired) electrons. The topological polar surface area (TPSA) is 101 Å². The Morgan fingerprint density at radius 2 is 2.03 bits per heavy atom. The fourth-order valence-corrected chi connectivity index (χ4v) is 7.01. The Balaban J connectivity index is 1.39. The Bertz CT molecular complexity index is 1240. The minimum absolute atomic E-state index is 0.0512. The lowest BCUT2D eigenvalue weighted by molar-refractivity contribution is -0.130. The highest BCUT2D eigenvalue weighted by atomic mass is 32.2. The first-order chi connectivity index (χ1) is 14.8. The van der Waals surface area contributed by atoms with Gasteiger partial charge in [0.1, 0.15) is 0 Å². The van der Waals surface area contributed by atoms with Gasteiger partial charge in [0.25, 0.3) is 0 Å². The van der Waals surface area contributed by atoms with Crippen LogP contribution < -0.4 is 0 Å². The van der Waals surface area contributed by atoms with Crippen molar-refractivity contribution in [3.63, 3.8) is 0 Å². The van der Waals surface area contributed by atoms with E-state index in [1.165, 1.54) is 11.8 Å². The van der Waals surface area contributed by atoms with Crippen LogP contribution >= 0.6 is 11.8 Å². The van der Waals surface area contributed by atoms with Gasteiger partial charge in [-0.1, -0.05) is 30.0 Å². The van der Waals surface area contributed by atoms with E-state index >= 15 is 0 Å². The summed E-state index contributed by atoms with van der Waals surface area (Å²) < 4.78 is 25.7. The van der Waals surface area contributed by atoms with Crippen LogP contribution in [0.4, 0.5) is 0 Å². The first-order valence-corrected chi connectivity index (χ1v) is 13.2. The van der Waals surface area contributed by atoms with Gasteiger partial charge in [-0.15, -0.1) is 10.2 Å². The molecule has 1 saturated heterocycles. The number of hydrogen-bond acceptors (Lipinski definition) is 6. The number of carbonyl (C=O) groups excluding carboxylic acids is 1. The summed E-state index contributed by atoms with van der Waals surface area (Å²) in [7, 11) is -1.34. The fraction of sp³-hybridized carbons (Fsp3) is 0.476. The minimum atomic E-state index is -3.04. The third kappa shape index (κ3) is 3.87. The van der Waals surface area contributed by atoms with Crippen molar-refractivity contribution in [2.75, 3.05) is 18.6 Å². The lowest BCUT2D eigenvalue weighted by atomic mass is 10.1. The van der Waals surface area contributed by atoms with E-state index in [-0.39, 0.29) is 28.7 Å². The normalized spacial score (nSPS) is 21.4. The van der Waals surface area contributed by atoms with E-state index in [1.54, 1.807) is 11.9 Å². The molecule has 2 aromatic heterocycles. The van der Waals surface area contributed by atoms with Gasteiger partial charge in [0, 0.05) is 41.8 Å². The smallest absolute Gasteiger partial charge is 0.235 e.